The second-order valence-corrected chi connectivity index (χ2v) is 7.75. The molecule has 2 aromatic carbocycles. The molecule has 1 aliphatic heterocycles. The maximum atomic E-state index is 13.3. The molecule has 1 amide bonds. The molecule has 1 atom stereocenters. The number of nitrogens with zero attached hydrogens (tertiary/aromatic N) is 2. The van der Waals surface area contributed by atoms with E-state index in [0.29, 0.717) is 17.1 Å². The van der Waals surface area contributed by atoms with Gasteiger partial charge < -0.3 is 19.2 Å². The zero-order valence-corrected chi connectivity index (χ0v) is 18.0. The average molecular weight is 452 g/mol. The smallest absolute Gasteiger partial charge is 0.290 e. The van der Waals surface area contributed by atoms with Crippen molar-refractivity contribution in [2.45, 2.75) is 12.6 Å². The lowest BCUT2D eigenvalue weighted by atomic mass is 9.94. The van der Waals surface area contributed by atoms with Crippen molar-refractivity contribution in [1.82, 2.24) is 9.88 Å². The number of carbonyl (C=O) groups excluding carboxylic acids is 2. The van der Waals surface area contributed by atoms with E-state index in [-0.39, 0.29) is 17.9 Å². The van der Waals surface area contributed by atoms with Crippen LogP contribution < -0.4 is 4.74 Å². The van der Waals surface area contributed by atoms with Gasteiger partial charge in [0.1, 0.15) is 11.5 Å². The molecule has 4 aromatic rings. The minimum Gasteiger partial charge on any atom is -0.503 e. The van der Waals surface area contributed by atoms with Gasteiger partial charge in [-0.15, -0.1) is 0 Å². The van der Waals surface area contributed by atoms with Crippen LogP contribution in [0.3, 0.4) is 0 Å². The number of hydrogen-bond acceptors (Lipinski definition) is 6. The van der Waals surface area contributed by atoms with Crippen LogP contribution in [0.2, 0.25) is 0 Å². The quantitative estimate of drug-likeness (QED) is 0.385. The Hall–Kier alpha value is -4.65. The van der Waals surface area contributed by atoms with E-state index < -0.39 is 23.5 Å². The molecule has 0 radical (unpaired) electrons. The van der Waals surface area contributed by atoms with Crippen molar-refractivity contribution in [3.8, 4) is 11.5 Å². The molecular weight excluding hydrogens is 432 g/mol. The second kappa shape index (κ2) is 9.07. The predicted molar refractivity (Wildman–Crippen MR) is 123 cm³/mol. The van der Waals surface area contributed by atoms with Crippen LogP contribution in [0.5, 0.6) is 11.5 Å². The summed E-state index contributed by atoms with van der Waals surface area (Å²) in [6, 6.07) is 22.2. The third kappa shape index (κ3) is 4.06. The fourth-order valence-corrected chi connectivity index (χ4v) is 3.99. The van der Waals surface area contributed by atoms with Crippen molar-refractivity contribution in [3.05, 3.63) is 126 Å². The molecule has 1 aliphatic rings. The van der Waals surface area contributed by atoms with Gasteiger partial charge in [-0.05, 0) is 59.7 Å². The van der Waals surface area contributed by atoms with Crippen molar-refractivity contribution >= 4 is 11.7 Å². The van der Waals surface area contributed by atoms with Crippen LogP contribution in [-0.4, -0.2) is 26.7 Å². The van der Waals surface area contributed by atoms with E-state index in [1.165, 1.54) is 17.2 Å². The molecular formula is C27H20N2O5. The number of hydrogen-bond donors (Lipinski definition) is 1. The Balaban J connectivity index is 1.56. The number of Topliss-reactive ketones (excluding diaryl/α,β-unsaturated/α-hetero) is 1. The van der Waals surface area contributed by atoms with E-state index in [1.54, 1.807) is 54.9 Å². The molecule has 1 unspecified atom stereocenters. The van der Waals surface area contributed by atoms with Crippen LogP contribution in [-0.2, 0) is 11.3 Å². The molecule has 168 valence electrons. The number of carbonyl (C=O) groups is 2. The van der Waals surface area contributed by atoms with Gasteiger partial charge in [0.05, 0.1) is 17.9 Å². The fourth-order valence-electron chi connectivity index (χ4n) is 3.99. The molecule has 1 N–H and O–H groups in total. The zero-order chi connectivity index (χ0) is 23.5. The summed E-state index contributed by atoms with van der Waals surface area (Å²) in [6.07, 6.45) is 4.63. The highest BCUT2D eigenvalue weighted by Gasteiger charge is 2.44. The Morgan fingerprint density at radius 3 is 2.47 bits per heavy atom. The first-order valence-electron chi connectivity index (χ1n) is 10.7. The van der Waals surface area contributed by atoms with E-state index in [2.05, 4.69) is 4.98 Å². The Kier molecular flexibility index (Phi) is 5.66. The monoisotopic (exact) mass is 452 g/mol. The normalized spacial score (nSPS) is 15.6. The van der Waals surface area contributed by atoms with E-state index in [1.807, 2.05) is 30.3 Å². The minimum absolute atomic E-state index is 0.0362. The SMILES string of the molecule is O=C(C1=C(O)C(=O)N(Cc2ccncc2)C1c1cccc(Oc2ccccc2)c1)c1ccco1. The van der Waals surface area contributed by atoms with Crippen molar-refractivity contribution in [1.29, 1.82) is 0 Å². The summed E-state index contributed by atoms with van der Waals surface area (Å²) < 4.78 is 11.2. The molecule has 0 fully saturated rings. The Bertz CT molecular complexity index is 1350. The van der Waals surface area contributed by atoms with Gasteiger partial charge >= 0.3 is 0 Å². The largest absolute Gasteiger partial charge is 0.503 e. The molecule has 7 heteroatoms. The van der Waals surface area contributed by atoms with E-state index >= 15 is 0 Å². The van der Waals surface area contributed by atoms with Crippen molar-refractivity contribution < 1.29 is 23.8 Å². The van der Waals surface area contributed by atoms with E-state index in [9.17, 15) is 14.7 Å². The Labute approximate surface area is 195 Å². The molecule has 0 aliphatic carbocycles. The maximum absolute atomic E-state index is 13.3. The second-order valence-electron chi connectivity index (χ2n) is 7.75. The number of benzene rings is 2. The fraction of sp³-hybridized carbons (Fsp3) is 0.0741. The number of amides is 1. The number of aliphatic hydroxyl groups excluding tert-OH is 1. The molecule has 0 saturated carbocycles. The molecule has 3 heterocycles. The number of pyridine rings is 1. The maximum Gasteiger partial charge on any atom is 0.290 e. The topological polar surface area (TPSA) is 92.9 Å². The number of furan rings is 1. The van der Waals surface area contributed by atoms with Crippen LogP contribution >= 0.6 is 0 Å². The molecule has 5 rings (SSSR count). The lowest BCUT2D eigenvalue weighted by molar-refractivity contribution is -0.130. The van der Waals surface area contributed by atoms with Gasteiger partial charge in [0.25, 0.3) is 5.91 Å². The lowest BCUT2D eigenvalue weighted by Crippen LogP contribution is -2.30. The molecule has 0 saturated heterocycles. The lowest BCUT2D eigenvalue weighted by Gasteiger charge is -2.27. The van der Waals surface area contributed by atoms with Gasteiger partial charge in [-0.1, -0.05) is 30.3 Å². The van der Waals surface area contributed by atoms with Gasteiger partial charge in [0.15, 0.2) is 11.5 Å². The first-order chi connectivity index (χ1) is 16.6. The van der Waals surface area contributed by atoms with Gasteiger partial charge in [-0.3, -0.25) is 14.6 Å². The van der Waals surface area contributed by atoms with Crippen LogP contribution in [0.1, 0.15) is 27.7 Å². The summed E-state index contributed by atoms with van der Waals surface area (Å²) in [7, 11) is 0. The highest BCUT2D eigenvalue weighted by atomic mass is 16.5. The predicted octanol–water partition coefficient (Wildman–Crippen LogP) is 5.25. The molecule has 7 nitrogen and oxygen atoms in total. The minimum atomic E-state index is -0.836. The van der Waals surface area contributed by atoms with E-state index in [0.717, 1.165) is 5.56 Å². The summed E-state index contributed by atoms with van der Waals surface area (Å²) in [5.74, 6) is -0.535. The third-order valence-corrected chi connectivity index (χ3v) is 5.55. The van der Waals surface area contributed by atoms with Crippen molar-refractivity contribution in [2.24, 2.45) is 0 Å². The number of aliphatic hydroxyl groups is 1. The number of para-hydroxylation sites is 1. The summed E-state index contributed by atoms with van der Waals surface area (Å²) >= 11 is 0. The molecule has 0 spiro atoms. The highest BCUT2D eigenvalue weighted by Crippen LogP contribution is 2.41. The Morgan fingerprint density at radius 2 is 1.74 bits per heavy atom. The summed E-state index contributed by atoms with van der Waals surface area (Å²) in [5, 5.41) is 10.8. The van der Waals surface area contributed by atoms with E-state index in [4.69, 9.17) is 9.15 Å². The van der Waals surface area contributed by atoms with Crippen LogP contribution in [0.4, 0.5) is 0 Å². The van der Waals surface area contributed by atoms with Crippen LogP contribution in [0.15, 0.2) is 113 Å². The molecule has 34 heavy (non-hydrogen) atoms. The van der Waals surface area contributed by atoms with Gasteiger partial charge in [0.2, 0.25) is 5.78 Å². The average Bonchev–Trinajstić information content (AvgIpc) is 3.49. The number of ketones is 1. The number of ether oxygens (including phenoxy) is 1. The van der Waals surface area contributed by atoms with Gasteiger partial charge in [-0.2, -0.15) is 0 Å². The molecule has 0 bridgehead atoms. The van der Waals surface area contributed by atoms with Crippen molar-refractivity contribution in [3.63, 3.8) is 0 Å². The first-order valence-corrected chi connectivity index (χ1v) is 10.7. The third-order valence-electron chi connectivity index (χ3n) is 5.55. The standard InChI is InChI=1S/C27H20N2O5/c30-25(22-10-5-15-33-22)23-24(29(27(32)26(23)31)17-18-11-13-28-14-12-18)19-6-4-9-21(16-19)34-20-7-2-1-3-8-20/h1-16,24,31H,17H2. The summed E-state index contributed by atoms with van der Waals surface area (Å²) in [5.41, 5.74) is 1.39. The van der Waals surface area contributed by atoms with Crippen LogP contribution in [0.25, 0.3) is 0 Å². The van der Waals surface area contributed by atoms with Gasteiger partial charge in [0, 0.05) is 18.9 Å². The number of rotatable bonds is 7. The van der Waals surface area contributed by atoms with Crippen LogP contribution in [0, 0.1) is 0 Å². The number of aromatic nitrogens is 1. The summed E-state index contributed by atoms with van der Waals surface area (Å²) in [6.45, 7) is 0.175. The summed E-state index contributed by atoms with van der Waals surface area (Å²) in [4.78, 5) is 31.9. The van der Waals surface area contributed by atoms with Gasteiger partial charge in [-0.25, -0.2) is 0 Å². The first kappa shape index (κ1) is 21.2. The zero-order valence-electron chi connectivity index (χ0n) is 18.0. The Morgan fingerprint density at radius 1 is 0.971 bits per heavy atom. The highest BCUT2D eigenvalue weighted by molar-refractivity contribution is 6.15. The molecule has 2 aromatic heterocycles. The van der Waals surface area contributed by atoms with Crippen molar-refractivity contribution in [2.75, 3.05) is 0 Å².